The Kier molecular flexibility index (Phi) is 8.50. The van der Waals surface area contributed by atoms with Crippen molar-refractivity contribution in [2.45, 2.75) is 84.3 Å². The minimum Gasteiger partial charge on any atom is -0.337 e. The first-order chi connectivity index (χ1) is 19.3. The smallest absolute Gasteiger partial charge is 0.337 e. The molecule has 3 aliphatic rings. The Morgan fingerprint density at radius 3 is 2.21 bits per heavy atom. The first kappa shape index (κ1) is 31.8. The fourth-order valence-corrected chi connectivity index (χ4v) is 6.37. The number of allylic oxidation sites excluding steroid dienone is 2. The highest BCUT2D eigenvalue weighted by Crippen LogP contribution is 2.49. The molecule has 1 saturated heterocycles. The molecule has 0 spiro atoms. The van der Waals surface area contributed by atoms with E-state index in [1.54, 1.807) is 0 Å². The second kappa shape index (κ2) is 11.2. The highest BCUT2D eigenvalue weighted by molar-refractivity contribution is 7.86. The fraction of sp³-hybridized carbons (Fsp3) is 0.438. The van der Waals surface area contributed by atoms with Crippen molar-refractivity contribution in [3.8, 4) is 0 Å². The minimum atomic E-state index is -5.84. The van der Waals surface area contributed by atoms with E-state index < -0.39 is 15.6 Å². The minimum absolute atomic E-state index is 0.00795. The number of fused-ring (bicyclic) bond motifs is 5. The first-order valence-corrected chi connectivity index (χ1v) is 15.3. The SMILES string of the molecule is CC1=CN2C(NC(C)(C)CC(C)(C)C)C3c4ccccc4C=C(c4cccc(C)c4)N3C2C=C1.O=S(=O)(O)C(F)(F)F. The van der Waals surface area contributed by atoms with Gasteiger partial charge in [0.25, 0.3) is 0 Å². The average Bonchev–Trinajstić information content (AvgIpc) is 3.14. The van der Waals surface area contributed by atoms with Gasteiger partial charge >= 0.3 is 15.6 Å². The molecule has 3 atom stereocenters. The predicted molar refractivity (Wildman–Crippen MR) is 161 cm³/mol. The standard InChI is InChI=1S/C31H39N3.CHF3O3S/c1-21-11-10-13-24(17-21)26-18-23-12-8-9-14-25(23)28-29(32-31(6,7)20-30(3,4)5)33-19-22(2)15-16-27(33)34(26)28;2-1(3,4)8(5,6)7/h8-19,27-29,32H,20H2,1-7H3;(H,5,6,7). The largest absolute Gasteiger partial charge is 0.522 e. The van der Waals surface area contributed by atoms with E-state index in [1.807, 2.05) is 0 Å². The topological polar surface area (TPSA) is 72.9 Å². The summed E-state index contributed by atoms with van der Waals surface area (Å²) in [7, 11) is -5.84. The second-order valence-corrected chi connectivity index (χ2v) is 14.5. The Hall–Kier alpha value is -3.08. The van der Waals surface area contributed by atoms with Crippen molar-refractivity contribution in [3.05, 3.63) is 94.7 Å². The van der Waals surface area contributed by atoms with Gasteiger partial charge in [-0.15, -0.1) is 0 Å². The third-order valence-electron chi connectivity index (χ3n) is 7.40. The molecule has 6 nitrogen and oxygen atoms in total. The van der Waals surface area contributed by atoms with Crippen LogP contribution in [0.2, 0.25) is 0 Å². The van der Waals surface area contributed by atoms with Crippen LogP contribution in [0.3, 0.4) is 0 Å². The summed E-state index contributed by atoms with van der Waals surface area (Å²) >= 11 is 0. The molecule has 2 aromatic rings. The van der Waals surface area contributed by atoms with Crippen molar-refractivity contribution in [1.29, 1.82) is 0 Å². The Morgan fingerprint density at radius 2 is 1.62 bits per heavy atom. The number of nitrogens with one attached hydrogen (secondary N) is 1. The van der Waals surface area contributed by atoms with E-state index in [4.69, 9.17) is 13.0 Å². The molecule has 5 rings (SSSR count). The number of aryl methyl sites for hydroxylation is 1. The van der Waals surface area contributed by atoms with Crippen molar-refractivity contribution >= 4 is 21.9 Å². The summed E-state index contributed by atoms with van der Waals surface area (Å²) in [5.74, 6) is 0. The molecule has 10 heteroatoms. The summed E-state index contributed by atoms with van der Waals surface area (Å²) in [6, 6.07) is 18.1. The van der Waals surface area contributed by atoms with Crippen molar-refractivity contribution in [2.75, 3.05) is 0 Å². The third kappa shape index (κ3) is 6.93. The zero-order chi connectivity index (χ0) is 31.3. The molecule has 228 valence electrons. The van der Waals surface area contributed by atoms with Gasteiger partial charge in [-0.05, 0) is 80.0 Å². The molecule has 0 saturated carbocycles. The van der Waals surface area contributed by atoms with Crippen LogP contribution in [0.4, 0.5) is 13.2 Å². The Balaban J connectivity index is 0.000000446. The highest BCUT2D eigenvalue weighted by atomic mass is 32.2. The fourth-order valence-electron chi connectivity index (χ4n) is 6.37. The monoisotopic (exact) mass is 603 g/mol. The van der Waals surface area contributed by atoms with Gasteiger partial charge in [0.15, 0.2) is 0 Å². The van der Waals surface area contributed by atoms with Gasteiger partial charge in [0.2, 0.25) is 0 Å². The first-order valence-electron chi connectivity index (χ1n) is 13.9. The van der Waals surface area contributed by atoms with E-state index in [9.17, 15) is 13.2 Å². The molecule has 0 aromatic heterocycles. The maximum atomic E-state index is 10.7. The molecule has 2 aromatic carbocycles. The van der Waals surface area contributed by atoms with Crippen molar-refractivity contribution in [3.63, 3.8) is 0 Å². The number of hydrogen-bond donors (Lipinski definition) is 2. The lowest BCUT2D eigenvalue weighted by Crippen LogP contribution is -2.54. The maximum Gasteiger partial charge on any atom is 0.522 e. The zero-order valence-corrected chi connectivity index (χ0v) is 25.9. The van der Waals surface area contributed by atoms with Crippen LogP contribution >= 0.6 is 0 Å². The lowest BCUT2D eigenvalue weighted by molar-refractivity contribution is -0.0510. The van der Waals surface area contributed by atoms with Gasteiger partial charge in [-0.3, -0.25) is 9.87 Å². The van der Waals surface area contributed by atoms with Gasteiger partial charge in [-0.25, -0.2) is 0 Å². The van der Waals surface area contributed by atoms with Crippen LogP contribution in [0.15, 0.2) is 72.5 Å². The summed E-state index contributed by atoms with van der Waals surface area (Å²) in [4.78, 5) is 5.19. The molecule has 3 heterocycles. The molecule has 0 bridgehead atoms. The summed E-state index contributed by atoms with van der Waals surface area (Å²) in [5.41, 5.74) is 2.61. The van der Waals surface area contributed by atoms with E-state index in [2.05, 4.69) is 137 Å². The molecular formula is C32H40F3N3O3S. The normalized spacial score (nSPS) is 21.9. The van der Waals surface area contributed by atoms with Gasteiger partial charge in [-0.2, -0.15) is 21.6 Å². The molecule has 2 N–H and O–H groups in total. The lowest BCUT2D eigenvalue weighted by Gasteiger charge is -2.41. The molecule has 1 fully saturated rings. The quantitative estimate of drug-likeness (QED) is 0.279. The van der Waals surface area contributed by atoms with Gasteiger partial charge in [0.05, 0.1) is 6.04 Å². The Morgan fingerprint density at radius 1 is 0.976 bits per heavy atom. The molecule has 3 unspecified atom stereocenters. The van der Waals surface area contributed by atoms with E-state index in [1.165, 1.54) is 33.5 Å². The molecular weight excluding hydrogens is 563 g/mol. The Labute approximate surface area is 247 Å². The van der Waals surface area contributed by atoms with Crippen molar-refractivity contribution in [1.82, 2.24) is 15.1 Å². The van der Waals surface area contributed by atoms with E-state index >= 15 is 0 Å². The Bertz CT molecular complexity index is 1520. The van der Waals surface area contributed by atoms with E-state index in [0.29, 0.717) is 0 Å². The highest BCUT2D eigenvalue weighted by Gasteiger charge is 2.51. The number of hydrogen-bond acceptors (Lipinski definition) is 5. The van der Waals surface area contributed by atoms with Gasteiger partial charge in [-0.1, -0.05) is 74.9 Å². The number of halogens is 3. The van der Waals surface area contributed by atoms with Crippen molar-refractivity contribution < 1.29 is 26.1 Å². The van der Waals surface area contributed by atoms with Gasteiger partial charge < -0.3 is 9.80 Å². The van der Waals surface area contributed by atoms with Crippen molar-refractivity contribution in [2.24, 2.45) is 5.41 Å². The number of benzene rings is 2. The summed E-state index contributed by atoms with van der Waals surface area (Å²) in [6.45, 7) is 16.1. The molecule has 0 amide bonds. The lowest BCUT2D eigenvalue weighted by atomic mass is 9.81. The van der Waals surface area contributed by atoms with Crippen LogP contribution in [0, 0.1) is 12.3 Å². The van der Waals surface area contributed by atoms with Crippen LogP contribution in [0.25, 0.3) is 11.8 Å². The molecule has 3 aliphatic heterocycles. The number of rotatable bonds is 4. The summed E-state index contributed by atoms with van der Waals surface area (Å²) < 4.78 is 57.5. The summed E-state index contributed by atoms with van der Waals surface area (Å²) in [5, 5.41) is 4.13. The second-order valence-electron chi connectivity index (χ2n) is 13.1. The van der Waals surface area contributed by atoms with Crippen LogP contribution in [-0.4, -0.2) is 46.1 Å². The molecule has 0 aliphatic carbocycles. The third-order valence-corrected chi connectivity index (χ3v) is 7.98. The van der Waals surface area contributed by atoms with Crippen LogP contribution in [0.1, 0.15) is 76.3 Å². The van der Waals surface area contributed by atoms with E-state index in [-0.39, 0.29) is 29.3 Å². The van der Waals surface area contributed by atoms with Gasteiger partial charge in [0, 0.05) is 17.4 Å². The molecule has 42 heavy (non-hydrogen) atoms. The summed E-state index contributed by atoms with van der Waals surface area (Å²) in [6.07, 6.45) is 10.8. The average molecular weight is 604 g/mol. The van der Waals surface area contributed by atoms with Crippen LogP contribution < -0.4 is 5.32 Å². The predicted octanol–water partition coefficient (Wildman–Crippen LogP) is 7.49. The zero-order valence-electron chi connectivity index (χ0n) is 25.1. The molecule has 0 radical (unpaired) electrons. The van der Waals surface area contributed by atoms with Gasteiger partial charge in [0.1, 0.15) is 12.3 Å². The van der Waals surface area contributed by atoms with Crippen LogP contribution in [0.5, 0.6) is 0 Å². The van der Waals surface area contributed by atoms with Crippen LogP contribution in [-0.2, 0) is 10.1 Å². The number of nitrogens with zero attached hydrogens (tertiary/aromatic N) is 2. The van der Waals surface area contributed by atoms with E-state index in [0.717, 1.165) is 6.42 Å². The maximum absolute atomic E-state index is 10.7. The number of alkyl halides is 3.